The van der Waals surface area contributed by atoms with E-state index in [0.717, 1.165) is 34.5 Å². The van der Waals surface area contributed by atoms with Gasteiger partial charge in [-0.2, -0.15) is 0 Å². The summed E-state index contributed by atoms with van der Waals surface area (Å²) < 4.78 is 0. The Kier molecular flexibility index (Phi) is 4.01. The van der Waals surface area contributed by atoms with E-state index in [0.29, 0.717) is 6.54 Å². The van der Waals surface area contributed by atoms with E-state index in [9.17, 15) is 5.11 Å². The minimum atomic E-state index is -0.126. The number of benzene rings is 1. The molecule has 0 amide bonds. The third-order valence-electron chi connectivity index (χ3n) is 4.47. The minimum absolute atomic E-state index is 0.126. The van der Waals surface area contributed by atoms with Gasteiger partial charge in [0.25, 0.3) is 0 Å². The van der Waals surface area contributed by atoms with Gasteiger partial charge in [0.2, 0.25) is 0 Å². The molecule has 1 aromatic carbocycles. The molecule has 3 N–H and O–H groups in total. The van der Waals surface area contributed by atoms with Crippen LogP contribution in [0.5, 0.6) is 0 Å². The predicted octanol–water partition coefficient (Wildman–Crippen LogP) is 3.61. The highest BCUT2D eigenvalue weighted by Crippen LogP contribution is 2.30. The Morgan fingerprint density at radius 1 is 1.20 bits per heavy atom. The van der Waals surface area contributed by atoms with Crippen LogP contribution in [0, 0.1) is 0 Å². The van der Waals surface area contributed by atoms with Gasteiger partial charge in [-0.3, -0.25) is 0 Å². The average molecular weight is 293 g/mol. The maximum atomic E-state index is 9.72. The van der Waals surface area contributed by atoms with Crippen LogP contribution in [0.15, 0.2) is 24.3 Å². The lowest BCUT2D eigenvalue weighted by molar-refractivity contribution is 0.119. The fourth-order valence-corrected chi connectivity index (χ4v) is 3.46. The Morgan fingerprint density at radius 3 is 2.65 bits per heavy atom. The van der Waals surface area contributed by atoms with Crippen LogP contribution >= 0.6 is 11.6 Å². The van der Waals surface area contributed by atoms with E-state index in [1.165, 1.54) is 19.3 Å². The van der Waals surface area contributed by atoms with Crippen LogP contribution in [0.4, 0.5) is 0 Å². The van der Waals surface area contributed by atoms with Crippen molar-refractivity contribution in [3.05, 3.63) is 35.0 Å². The van der Waals surface area contributed by atoms with Crippen molar-refractivity contribution in [2.75, 3.05) is 6.61 Å². The van der Waals surface area contributed by atoms with Gasteiger partial charge in [-0.05, 0) is 18.9 Å². The van der Waals surface area contributed by atoms with Gasteiger partial charge in [0, 0.05) is 28.7 Å². The van der Waals surface area contributed by atoms with E-state index in [2.05, 4.69) is 10.3 Å². The van der Waals surface area contributed by atoms with Crippen molar-refractivity contribution in [1.82, 2.24) is 10.3 Å². The van der Waals surface area contributed by atoms with Gasteiger partial charge in [-0.1, -0.05) is 49.1 Å². The number of halogens is 1. The van der Waals surface area contributed by atoms with E-state index in [-0.39, 0.29) is 12.1 Å². The van der Waals surface area contributed by atoms with Crippen molar-refractivity contribution in [2.24, 2.45) is 0 Å². The van der Waals surface area contributed by atoms with Gasteiger partial charge in [0.1, 0.15) is 0 Å². The lowest BCUT2D eigenvalue weighted by atomic mass is 9.82. The van der Waals surface area contributed by atoms with Gasteiger partial charge in [0.15, 0.2) is 0 Å². The largest absolute Gasteiger partial charge is 0.394 e. The first-order valence-corrected chi connectivity index (χ1v) is 7.73. The highest BCUT2D eigenvalue weighted by atomic mass is 35.5. The molecule has 0 radical (unpaired) electrons. The molecule has 4 heteroatoms. The molecule has 0 atom stereocenters. The van der Waals surface area contributed by atoms with Crippen LogP contribution in [0.3, 0.4) is 0 Å². The lowest BCUT2D eigenvalue weighted by Crippen LogP contribution is -2.49. The molecule has 2 aromatic rings. The Balaban J connectivity index is 1.77. The Hall–Kier alpha value is -1.03. The van der Waals surface area contributed by atoms with Gasteiger partial charge in [-0.15, -0.1) is 0 Å². The van der Waals surface area contributed by atoms with Gasteiger partial charge >= 0.3 is 0 Å². The number of aliphatic hydroxyl groups excluding tert-OH is 1. The number of hydrogen-bond donors (Lipinski definition) is 3. The quantitative estimate of drug-likeness (QED) is 0.806. The number of aromatic nitrogens is 1. The Morgan fingerprint density at radius 2 is 1.95 bits per heavy atom. The number of aliphatic hydroxyl groups is 1. The summed E-state index contributed by atoms with van der Waals surface area (Å²) in [6, 6.07) is 8.06. The van der Waals surface area contributed by atoms with Gasteiger partial charge in [-0.25, -0.2) is 0 Å². The third kappa shape index (κ3) is 2.58. The molecule has 0 unspecified atom stereocenters. The van der Waals surface area contributed by atoms with E-state index < -0.39 is 0 Å². The van der Waals surface area contributed by atoms with E-state index in [4.69, 9.17) is 11.6 Å². The molecule has 3 nitrogen and oxygen atoms in total. The fourth-order valence-electron chi connectivity index (χ4n) is 3.18. The van der Waals surface area contributed by atoms with Crippen molar-refractivity contribution in [3.8, 4) is 0 Å². The molecule has 3 rings (SSSR count). The van der Waals surface area contributed by atoms with E-state index in [1.54, 1.807) is 0 Å². The highest BCUT2D eigenvalue weighted by Gasteiger charge is 2.30. The summed E-state index contributed by atoms with van der Waals surface area (Å²) >= 11 is 6.43. The molecule has 1 aliphatic carbocycles. The standard InChI is InChI=1S/C16H21ClN2O/c17-15-12-6-2-3-7-13(12)19-14(15)10-18-16(11-20)8-4-1-5-9-16/h2-3,6-7,18-20H,1,4-5,8-11H2. The van der Waals surface area contributed by atoms with Crippen molar-refractivity contribution in [3.63, 3.8) is 0 Å². The lowest BCUT2D eigenvalue weighted by Gasteiger charge is -2.36. The molecule has 0 bridgehead atoms. The fraction of sp³-hybridized carbons (Fsp3) is 0.500. The zero-order valence-corrected chi connectivity index (χ0v) is 12.3. The van der Waals surface area contributed by atoms with Crippen LogP contribution in [0.25, 0.3) is 10.9 Å². The molecule has 20 heavy (non-hydrogen) atoms. The maximum Gasteiger partial charge on any atom is 0.0705 e. The van der Waals surface area contributed by atoms with Crippen LogP contribution in [-0.4, -0.2) is 22.2 Å². The molecule has 0 spiro atoms. The van der Waals surface area contributed by atoms with E-state index >= 15 is 0 Å². The second kappa shape index (κ2) is 5.76. The van der Waals surface area contributed by atoms with Gasteiger partial charge < -0.3 is 15.4 Å². The normalized spacial score (nSPS) is 18.5. The number of rotatable bonds is 4. The first-order valence-electron chi connectivity index (χ1n) is 7.35. The smallest absolute Gasteiger partial charge is 0.0705 e. The Labute approximate surface area is 124 Å². The monoisotopic (exact) mass is 292 g/mol. The molecule has 0 saturated heterocycles. The number of nitrogens with one attached hydrogen (secondary N) is 2. The molecule has 1 aromatic heterocycles. The second-order valence-electron chi connectivity index (χ2n) is 5.82. The molecule has 1 aliphatic rings. The Bertz CT molecular complexity index is 587. The number of H-pyrrole nitrogens is 1. The highest BCUT2D eigenvalue weighted by molar-refractivity contribution is 6.36. The summed E-state index contributed by atoms with van der Waals surface area (Å²) in [7, 11) is 0. The summed E-state index contributed by atoms with van der Waals surface area (Å²) in [6.45, 7) is 0.874. The van der Waals surface area contributed by atoms with Crippen molar-refractivity contribution >= 4 is 22.5 Å². The zero-order chi connectivity index (χ0) is 14.0. The maximum absolute atomic E-state index is 9.72. The molecule has 0 aliphatic heterocycles. The van der Waals surface area contributed by atoms with Crippen molar-refractivity contribution < 1.29 is 5.11 Å². The van der Waals surface area contributed by atoms with Gasteiger partial charge in [0.05, 0.1) is 11.6 Å². The van der Waals surface area contributed by atoms with Crippen LogP contribution in [0.2, 0.25) is 5.02 Å². The molecular weight excluding hydrogens is 272 g/mol. The average Bonchev–Trinajstić information content (AvgIpc) is 2.83. The molecule has 1 fully saturated rings. The summed E-state index contributed by atoms with van der Waals surface area (Å²) in [5.74, 6) is 0. The predicted molar refractivity (Wildman–Crippen MR) is 83.1 cm³/mol. The zero-order valence-electron chi connectivity index (χ0n) is 11.6. The number of fused-ring (bicyclic) bond motifs is 1. The first kappa shape index (κ1) is 13.9. The number of aromatic amines is 1. The van der Waals surface area contributed by atoms with Crippen molar-refractivity contribution in [1.29, 1.82) is 0 Å². The van der Waals surface area contributed by atoms with Crippen LogP contribution < -0.4 is 5.32 Å². The first-order chi connectivity index (χ1) is 9.74. The summed E-state index contributed by atoms with van der Waals surface area (Å²) in [5, 5.41) is 15.1. The topological polar surface area (TPSA) is 48.0 Å². The van der Waals surface area contributed by atoms with E-state index in [1.807, 2.05) is 24.3 Å². The third-order valence-corrected chi connectivity index (χ3v) is 4.90. The SMILES string of the molecule is OCC1(NCc2[nH]c3ccccc3c2Cl)CCCCC1. The van der Waals surface area contributed by atoms with Crippen LogP contribution in [-0.2, 0) is 6.54 Å². The second-order valence-corrected chi connectivity index (χ2v) is 6.19. The summed E-state index contributed by atoms with van der Waals surface area (Å²) in [6.07, 6.45) is 5.74. The summed E-state index contributed by atoms with van der Waals surface area (Å²) in [5.41, 5.74) is 1.95. The molecule has 108 valence electrons. The molecular formula is C16H21ClN2O. The molecule has 1 saturated carbocycles. The number of hydrogen-bond acceptors (Lipinski definition) is 2. The molecule has 1 heterocycles. The summed E-state index contributed by atoms with van der Waals surface area (Å²) in [4.78, 5) is 3.37. The van der Waals surface area contributed by atoms with Crippen LogP contribution in [0.1, 0.15) is 37.8 Å². The minimum Gasteiger partial charge on any atom is -0.394 e. The number of para-hydroxylation sites is 1. The van der Waals surface area contributed by atoms with Crippen molar-refractivity contribution in [2.45, 2.75) is 44.2 Å².